The van der Waals surface area contributed by atoms with Crippen molar-refractivity contribution >= 4 is 34.2 Å². The fourth-order valence-corrected chi connectivity index (χ4v) is 2.61. The van der Waals surface area contributed by atoms with E-state index in [9.17, 15) is 9.59 Å². The van der Waals surface area contributed by atoms with E-state index in [1.54, 1.807) is 19.2 Å². The van der Waals surface area contributed by atoms with Gasteiger partial charge in [-0.3, -0.25) is 18.8 Å². The molecule has 1 amide bonds. The van der Waals surface area contributed by atoms with Crippen LogP contribution in [0.1, 0.15) is 5.56 Å². The van der Waals surface area contributed by atoms with Crippen LogP contribution in [0.3, 0.4) is 0 Å². The van der Waals surface area contributed by atoms with Crippen molar-refractivity contribution in [1.29, 1.82) is 0 Å². The fraction of sp³-hybridized carbons (Fsp3) is 0.250. The summed E-state index contributed by atoms with van der Waals surface area (Å²) >= 11 is 6.05. The van der Waals surface area contributed by atoms with Gasteiger partial charge in [0.25, 0.3) is 5.56 Å². The van der Waals surface area contributed by atoms with Crippen LogP contribution in [0.4, 0.5) is 5.69 Å². The molecule has 1 N–H and O–H groups in total. The second-order valence-electron chi connectivity index (χ2n) is 5.53. The molecule has 0 radical (unpaired) electrons. The molecule has 1 aromatic carbocycles. The number of carbonyl (C=O) groups is 1. The Balaban J connectivity index is 1.85. The number of hydrogen-bond acceptors (Lipinski definition) is 5. The van der Waals surface area contributed by atoms with E-state index in [1.165, 1.54) is 28.9 Å². The normalized spacial score (nSPS) is 10.9. The molecule has 25 heavy (non-hydrogen) atoms. The van der Waals surface area contributed by atoms with Crippen LogP contribution in [0.5, 0.6) is 5.75 Å². The van der Waals surface area contributed by atoms with Gasteiger partial charge in [0, 0.05) is 18.1 Å². The van der Waals surface area contributed by atoms with Gasteiger partial charge in [-0.05, 0) is 18.6 Å². The number of ether oxygens (including phenoxy) is 1. The third-order valence-corrected chi connectivity index (χ3v) is 4.19. The minimum Gasteiger partial charge on any atom is -0.495 e. The summed E-state index contributed by atoms with van der Waals surface area (Å²) < 4.78 is 7.96. The number of amides is 1. The number of rotatable bonds is 4. The Morgan fingerprint density at radius 2 is 2.16 bits per heavy atom. The highest BCUT2D eigenvalue weighted by atomic mass is 35.5. The van der Waals surface area contributed by atoms with Gasteiger partial charge in [0.1, 0.15) is 24.0 Å². The standard InChI is InChI=1S/C16H16ClN5O3/c1-9-4-12(13(25-3)5-11(9)17)20-14(23)7-22-8-18-15-10(16(22)24)6-19-21(15)2/h4-6,8H,7H2,1-3H3,(H,20,23). The summed E-state index contributed by atoms with van der Waals surface area (Å²) in [4.78, 5) is 28.9. The van der Waals surface area contributed by atoms with Crippen molar-refractivity contribution in [2.24, 2.45) is 7.05 Å². The van der Waals surface area contributed by atoms with E-state index in [2.05, 4.69) is 15.4 Å². The maximum Gasteiger partial charge on any atom is 0.264 e. The van der Waals surface area contributed by atoms with E-state index in [4.69, 9.17) is 16.3 Å². The van der Waals surface area contributed by atoms with Crippen LogP contribution in [0, 0.1) is 6.92 Å². The second-order valence-corrected chi connectivity index (χ2v) is 5.94. The Bertz CT molecular complexity index is 1020. The molecule has 8 nitrogen and oxygen atoms in total. The van der Waals surface area contributed by atoms with Crippen LogP contribution in [0.25, 0.3) is 11.0 Å². The lowest BCUT2D eigenvalue weighted by Crippen LogP contribution is -2.28. The van der Waals surface area contributed by atoms with Gasteiger partial charge in [0.2, 0.25) is 5.91 Å². The van der Waals surface area contributed by atoms with E-state index in [0.717, 1.165) is 5.56 Å². The predicted octanol–water partition coefficient (Wildman–Crippen LogP) is 1.74. The molecule has 2 aromatic heterocycles. The quantitative estimate of drug-likeness (QED) is 0.764. The molecule has 0 bridgehead atoms. The highest BCUT2D eigenvalue weighted by Gasteiger charge is 2.13. The molecule has 0 saturated heterocycles. The first-order valence-corrected chi connectivity index (χ1v) is 7.79. The van der Waals surface area contributed by atoms with Gasteiger partial charge in [-0.1, -0.05) is 11.6 Å². The molecule has 0 unspecified atom stereocenters. The van der Waals surface area contributed by atoms with Gasteiger partial charge in [0.05, 0.1) is 19.0 Å². The first-order chi connectivity index (χ1) is 11.9. The summed E-state index contributed by atoms with van der Waals surface area (Å²) in [5.74, 6) is 0.0595. The monoisotopic (exact) mass is 361 g/mol. The Morgan fingerprint density at radius 3 is 2.88 bits per heavy atom. The van der Waals surface area contributed by atoms with Gasteiger partial charge in [-0.2, -0.15) is 5.10 Å². The van der Waals surface area contributed by atoms with E-state index in [0.29, 0.717) is 27.5 Å². The maximum atomic E-state index is 12.4. The molecule has 0 fully saturated rings. The smallest absolute Gasteiger partial charge is 0.264 e. The summed E-state index contributed by atoms with van der Waals surface area (Å²) in [6.07, 6.45) is 2.76. The number of methoxy groups -OCH3 is 1. The lowest BCUT2D eigenvalue weighted by molar-refractivity contribution is -0.116. The Kier molecular flexibility index (Phi) is 4.45. The molecule has 2 heterocycles. The zero-order chi connectivity index (χ0) is 18.1. The molecule has 3 rings (SSSR count). The van der Waals surface area contributed by atoms with Crippen molar-refractivity contribution in [2.45, 2.75) is 13.5 Å². The minimum absolute atomic E-state index is 0.179. The molecule has 0 aliphatic heterocycles. The van der Waals surface area contributed by atoms with Crippen molar-refractivity contribution in [3.05, 3.63) is 45.6 Å². The highest BCUT2D eigenvalue weighted by Crippen LogP contribution is 2.30. The topological polar surface area (TPSA) is 91.0 Å². The van der Waals surface area contributed by atoms with Crippen LogP contribution in [-0.4, -0.2) is 32.3 Å². The summed E-state index contributed by atoms with van der Waals surface area (Å²) in [6, 6.07) is 3.34. The molecule has 0 saturated carbocycles. The summed E-state index contributed by atoms with van der Waals surface area (Å²) in [5.41, 5.74) is 1.43. The predicted molar refractivity (Wildman–Crippen MR) is 94.1 cm³/mol. The second kappa shape index (κ2) is 6.56. The van der Waals surface area contributed by atoms with Crippen LogP contribution >= 0.6 is 11.6 Å². The van der Waals surface area contributed by atoms with E-state index >= 15 is 0 Å². The van der Waals surface area contributed by atoms with Crippen LogP contribution < -0.4 is 15.6 Å². The third kappa shape index (κ3) is 3.20. The lowest BCUT2D eigenvalue weighted by atomic mass is 10.2. The number of fused-ring (bicyclic) bond motifs is 1. The minimum atomic E-state index is -0.382. The molecule has 130 valence electrons. The molecule has 0 aliphatic carbocycles. The first-order valence-electron chi connectivity index (χ1n) is 7.42. The highest BCUT2D eigenvalue weighted by molar-refractivity contribution is 6.31. The number of benzene rings is 1. The van der Waals surface area contributed by atoms with Crippen molar-refractivity contribution in [2.75, 3.05) is 12.4 Å². The molecular formula is C16H16ClN5O3. The molecule has 0 atom stereocenters. The van der Waals surface area contributed by atoms with Crippen LogP contribution in [0.15, 0.2) is 29.5 Å². The van der Waals surface area contributed by atoms with E-state index < -0.39 is 0 Å². The van der Waals surface area contributed by atoms with Crippen molar-refractivity contribution < 1.29 is 9.53 Å². The molecule has 9 heteroatoms. The summed E-state index contributed by atoms with van der Waals surface area (Å²) in [5, 5.41) is 7.62. The average Bonchev–Trinajstić information content (AvgIpc) is 2.95. The number of halogens is 1. The van der Waals surface area contributed by atoms with Crippen molar-refractivity contribution in [3.63, 3.8) is 0 Å². The zero-order valence-electron chi connectivity index (χ0n) is 13.9. The summed E-state index contributed by atoms with van der Waals surface area (Å²) in [7, 11) is 3.18. The molecule has 0 spiro atoms. The third-order valence-electron chi connectivity index (χ3n) is 3.79. The Labute approximate surface area is 148 Å². The van der Waals surface area contributed by atoms with Crippen LogP contribution in [0.2, 0.25) is 5.02 Å². The first kappa shape index (κ1) is 17.0. The van der Waals surface area contributed by atoms with Gasteiger partial charge in [0.15, 0.2) is 5.65 Å². The Hall–Kier alpha value is -2.87. The SMILES string of the molecule is COc1cc(Cl)c(C)cc1NC(=O)Cn1cnc2c(cnn2C)c1=O. The van der Waals surface area contributed by atoms with Gasteiger partial charge < -0.3 is 10.1 Å². The molecule has 0 aliphatic rings. The number of aromatic nitrogens is 4. The lowest BCUT2D eigenvalue weighted by Gasteiger charge is -2.12. The molecule has 3 aromatic rings. The van der Waals surface area contributed by atoms with Gasteiger partial charge in [-0.25, -0.2) is 4.98 Å². The largest absolute Gasteiger partial charge is 0.495 e. The number of anilines is 1. The number of nitrogens with one attached hydrogen (secondary N) is 1. The number of carbonyl (C=O) groups excluding carboxylic acids is 1. The number of hydrogen-bond donors (Lipinski definition) is 1. The maximum absolute atomic E-state index is 12.4. The van der Waals surface area contributed by atoms with Gasteiger partial charge >= 0.3 is 0 Å². The van der Waals surface area contributed by atoms with Crippen molar-refractivity contribution in [1.82, 2.24) is 19.3 Å². The fourth-order valence-electron chi connectivity index (χ4n) is 2.45. The van der Waals surface area contributed by atoms with Crippen molar-refractivity contribution in [3.8, 4) is 5.75 Å². The average molecular weight is 362 g/mol. The molecular weight excluding hydrogens is 346 g/mol. The number of nitrogens with zero attached hydrogens (tertiary/aromatic N) is 4. The zero-order valence-corrected chi connectivity index (χ0v) is 14.7. The van der Waals surface area contributed by atoms with Crippen LogP contribution in [-0.2, 0) is 18.4 Å². The van der Waals surface area contributed by atoms with E-state index in [1.807, 2.05) is 6.92 Å². The number of aryl methyl sites for hydroxylation is 2. The van der Waals surface area contributed by atoms with E-state index in [-0.39, 0.29) is 18.0 Å². The Morgan fingerprint density at radius 1 is 1.40 bits per heavy atom. The summed E-state index contributed by atoms with van der Waals surface area (Å²) in [6.45, 7) is 1.64. The van der Waals surface area contributed by atoms with Gasteiger partial charge in [-0.15, -0.1) is 0 Å².